The molecule has 7 heteroatoms. The Bertz CT molecular complexity index is 369. The first kappa shape index (κ1) is 13.6. The molecule has 0 saturated carbocycles. The minimum absolute atomic E-state index is 0.00801. The Morgan fingerprint density at radius 3 is 3.00 bits per heavy atom. The molecular formula is C10H18N6O. The van der Waals surface area contributed by atoms with Gasteiger partial charge in [0.25, 0.3) is 0 Å². The average Bonchev–Trinajstić information content (AvgIpc) is 2.73. The van der Waals surface area contributed by atoms with E-state index in [1.54, 1.807) is 6.20 Å². The monoisotopic (exact) mass is 238 g/mol. The Labute approximate surface area is 101 Å². The van der Waals surface area contributed by atoms with Crippen LogP contribution in [0.5, 0.6) is 0 Å². The molecule has 1 atom stereocenters. The summed E-state index contributed by atoms with van der Waals surface area (Å²) in [6.45, 7) is 1.96. The van der Waals surface area contributed by atoms with Gasteiger partial charge >= 0.3 is 0 Å². The van der Waals surface area contributed by atoms with Crippen LogP contribution in [0.1, 0.15) is 11.7 Å². The second-order valence-corrected chi connectivity index (χ2v) is 3.95. The van der Waals surface area contributed by atoms with Gasteiger partial charge in [0.1, 0.15) is 11.7 Å². The summed E-state index contributed by atoms with van der Waals surface area (Å²) in [5, 5.41) is 28.6. The number of aromatic nitrogens is 3. The smallest absolute Gasteiger partial charge is 0.142 e. The van der Waals surface area contributed by atoms with Gasteiger partial charge in [-0.25, -0.2) is 4.68 Å². The standard InChI is InChI=1S/C10H18N6O/c1-15(2)4-3-12-9(7-11)10-8-16(5-6-17)14-13-10/h8-9,12,17H,3-6H2,1-2H3. The summed E-state index contributed by atoms with van der Waals surface area (Å²) >= 11 is 0. The molecule has 17 heavy (non-hydrogen) atoms. The van der Waals surface area contributed by atoms with Crippen molar-refractivity contribution < 1.29 is 5.11 Å². The number of nitrogens with zero attached hydrogens (tertiary/aromatic N) is 5. The van der Waals surface area contributed by atoms with Crippen LogP contribution in [0.2, 0.25) is 0 Å². The lowest BCUT2D eigenvalue weighted by Crippen LogP contribution is -2.29. The Morgan fingerprint density at radius 2 is 2.41 bits per heavy atom. The van der Waals surface area contributed by atoms with Crippen molar-refractivity contribution in [2.45, 2.75) is 12.6 Å². The largest absolute Gasteiger partial charge is 0.394 e. The van der Waals surface area contributed by atoms with Crippen LogP contribution in [0.4, 0.5) is 0 Å². The molecule has 7 nitrogen and oxygen atoms in total. The van der Waals surface area contributed by atoms with Crippen LogP contribution in [0, 0.1) is 11.3 Å². The maximum atomic E-state index is 9.03. The van der Waals surface area contributed by atoms with Crippen LogP contribution in [0.25, 0.3) is 0 Å². The number of aliphatic hydroxyl groups is 1. The van der Waals surface area contributed by atoms with Gasteiger partial charge in [-0.15, -0.1) is 5.10 Å². The predicted molar refractivity (Wildman–Crippen MR) is 62.0 cm³/mol. The van der Waals surface area contributed by atoms with Crippen molar-refractivity contribution in [2.75, 3.05) is 33.8 Å². The van der Waals surface area contributed by atoms with Gasteiger partial charge in [0.2, 0.25) is 0 Å². The fourth-order valence-electron chi connectivity index (χ4n) is 1.31. The van der Waals surface area contributed by atoms with Crippen molar-refractivity contribution in [3.63, 3.8) is 0 Å². The van der Waals surface area contributed by atoms with Crippen LogP contribution in [-0.4, -0.2) is 58.8 Å². The van der Waals surface area contributed by atoms with Crippen molar-refractivity contribution in [1.82, 2.24) is 25.2 Å². The SMILES string of the molecule is CN(C)CCNC(C#N)c1cn(CCO)nn1. The molecule has 0 aromatic carbocycles. The highest BCUT2D eigenvalue weighted by atomic mass is 16.3. The van der Waals surface area contributed by atoms with E-state index in [-0.39, 0.29) is 6.61 Å². The number of nitriles is 1. The molecule has 1 rings (SSSR count). The quantitative estimate of drug-likeness (QED) is 0.632. The first-order valence-corrected chi connectivity index (χ1v) is 5.46. The molecule has 2 N–H and O–H groups in total. The van der Waals surface area contributed by atoms with E-state index in [1.165, 1.54) is 4.68 Å². The third kappa shape index (κ3) is 4.48. The maximum Gasteiger partial charge on any atom is 0.142 e. The Morgan fingerprint density at radius 1 is 1.65 bits per heavy atom. The maximum absolute atomic E-state index is 9.03. The van der Waals surface area contributed by atoms with Crippen LogP contribution in [0.15, 0.2) is 6.20 Å². The lowest BCUT2D eigenvalue weighted by molar-refractivity contribution is 0.268. The van der Waals surface area contributed by atoms with E-state index in [4.69, 9.17) is 10.4 Å². The van der Waals surface area contributed by atoms with Gasteiger partial charge in [0.15, 0.2) is 0 Å². The number of nitrogens with one attached hydrogen (secondary N) is 1. The van der Waals surface area contributed by atoms with E-state index in [1.807, 2.05) is 19.0 Å². The molecule has 0 aliphatic rings. The summed E-state index contributed by atoms with van der Waals surface area (Å²) in [4.78, 5) is 2.03. The van der Waals surface area contributed by atoms with Gasteiger partial charge in [-0.05, 0) is 14.1 Å². The van der Waals surface area contributed by atoms with E-state index >= 15 is 0 Å². The van der Waals surface area contributed by atoms with Gasteiger partial charge in [-0.2, -0.15) is 5.26 Å². The van der Waals surface area contributed by atoms with E-state index in [0.717, 1.165) is 6.54 Å². The Balaban J connectivity index is 2.51. The molecule has 0 aliphatic heterocycles. The molecule has 1 aromatic heterocycles. The molecule has 1 aromatic rings. The van der Waals surface area contributed by atoms with Crippen LogP contribution in [-0.2, 0) is 6.54 Å². The zero-order valence-corrected chi connectivity index (χ0v) is 10.2. The molecule has 0 saturated heterocycles. The number of likely N-dealkylation sites (N-methyl/N-ethyl adjacent to an activating group) is 1. The summed E-state index contributed by atoms with van der Waals surface area (Å²) in [5.41, 5.74) is 0.583. The lowest BCUT2D eigenvalue weighted by Gasteiger charge is -2.12. The lowest BCUT2D eigenvalue weighted by atomic mass is 10.2. The molecule has 0 amide bonds. The molecule has 0 bridgehead atoms. The minimum Gasteiger partial charge on any atom is -0.394 e. The summed E-state index contributed by atoms with van der Waals surface area (Å²) in [6.07, 6.45) is 1.67. The molecule has 0 aliphatic carbocycles. The molecule has 1 heterocycles. The highest BCUT2D eigenvalue weighted by Crippen LogP contribution is 2.06. The van der Waals surface area contributed by atoms with Gasteiger partial charge in [0.05, 0.1) is 25.4 Å². The zero-order chi connectivity index (χ0) is 12.7. The second kappa shape index (κ2) is 6.96. The molecule has 94 valence electrons. The van der Waals surface area contributed by atoms with E-state index in [0.29, 0.717) is 18.8 Å². The van der Waals surface area contributed by atoms with E-state index in [2.05, 4.69) is 21.7 Å². The normalized spacial score (nSPS) is 12.6. The third-order valence-electron chi connectivity index (χ3n) is 2.22. The topological polar surface area (TPSA) is 90.0 Å². The van der Waals surface area contributed by atoms with E-state index in [9.17, 15) is 0 Å². The predicted octanol–water partition coefficient (Wildman–Crippen LogP) is -1.01. The van der Waals surface area contributed by atoms with Gasteiger partial charge < -0.3 is 10.0 Å². The molecule has 0 radical (unpaired) electrons. The van der Waals surface area contributed by atoms with E-state index < -0.39 is 6.04 Å². The zero-order valence-electron chi connectivity index (χ0n) is 10.2. The fourth-order valence-corrected chi connectivity index (χ4v) is 1.31. The highest BCUT2D eigenvalue weighted by Gasteiger charge is 2.13. The number of rotatable bonds is 7. The van der Waals surface area contributed by atoms with Crippen LogP contribution >= 0.6 is 0 Å². The van der Waals surface area contributed by atoms with Gasteiger partial charge in [0, 0.05) is 13.1 Å². The van der Waals surface area contributed by atoms with Crippen LogP contribution < -0.4 is 5.32 Å². The number of hydrogen-bond acceptors (Lipinski definition) is 6. The first-order chi connectivity index (χ1) is 8.17. The summed E-state index contributed by atoms with van der Waals surface area (Å²) in [6, 6.07) is 1.68. The summed E-state index contributed by atoms with van der Waals surface area (Å²) in [7, 11) is 3.95. The second-order valence-electron chi connectivity index (χ2n) is 3.95. The fraction of sp³-hybridized carbons (Fsp3) is 0.700. The Kier molecular flexibility index (Phi) is 5.56. The van der Waals surface area contributed by atoms with Crippen molar-refractivity contribution in [1.29, 1.82) is 5.26 Å². The summed E-state index contributed by atoms with van der Waals surface area (Å²) in [5.74, 6) is 0. The van der Waals surface area contributed by atoms with Crippen molar-refractivity contribution in [3.8, 4) is 6.07 Å². The van der Waals surface area contributed by atoms with Crippen molar-refractivity contribution in [3.05, 3.63) is 11.9 Å². The highest BCUT2D eigenvalue weighted by molar-refractivity contribution is 5.10. The third-order valence-corrected chi connectivity index (χ3v) is 2.22. The van der Waals surface area contributed by atoms with Gasteiger partial charge in [-0.3, -0.25) is 5.32 Å². The number of hydrogen-bond donors (Lipinski definition) is 2. The molecule has 0 fully saturated rings. The average molecular weight is 238 g/mol. The molecule has 0 spiro atoms. The minimum atomic E-state index is -0.456. The van der Waals surface area contributed by atoms with Crippen molar-refractivity contribution >= 4 is 0 Å². The molecular weight excluding hydrogens is 220 g/mol. The number of aliphatic hydroxyl groups excluding tert-OH is 1. The Hall–Kier alpha value is -1.49. The first-order valence-electron chi connectivity index (χ1n) is 5.46. The van der Waals surface area contributed by atoms with Gasteiger partial charge in [-0.1, -0.05) is 5.21 Å². The van der Waals surface area contributed by atoms with Crippen molar-refractivity contribution in [2.24, 2.45) is 0 Å². The summed E-state index contributed by atoms with van der Waals surface area (Å²) < 4.78 is 1.52. The molecule has 1 unspecified atom stereocenters. The van der Waals surface area contributed by atoms with Crippen LogP contribution in [0.3, 0.4) is 0 Å².